The van der Waals surface area contributed by atoms with Crippen molar-refractivity contribution in [3.63, 3.8) is 0 Å². The van der Waals surface area contributed by atoms with Crippen molar-refractivity contribution in [2.75, 3.05) is 0 Å². The monoisotopic (exact) mass is 252 g/mol. The van der Waals surface area contributed by atoms with E-state index in [1.54, 1.807) is 0 Å². The second-order valence-electron chi connectivity index (χ2n) is 5.08. The van der Waals surface area contributed by atoms with Gasteiger partial charge in [0.1, 0.15) is 5.01 Å². The molecule has 0 spiro atoms. The van der Waals surface area contributed by atoms with Crippen LogP contribution in [0.5, 0.6) is 0 Å². The Kier molecular flexibility index (Phi) is 4.99. The molecule has 17 heavy (non-hydrogen) atoms. The quantitative estimate of drug-likeness (QED) is 0.745. The summed E-state index contributed by atoms with van der Waals surface area (Å²) in [6.07, 6.45) is 11.4. The minimum Gasteiger partial charge on any atom is -0.322 e. The molecule has 1 aliphatic carbocycles. The molecular weight excluding hydrogens is 228 g/mol. The number of rotatable bonds is 7. The lowest BCUT2D eigenvalue weighted by Crippen LogP contribution is -2.10. The summed E-state index contributed by atoms with van der Waals surface area (Å²) in [6.45, 7) is 2.25. The number of unbranched alkanes of at least 4 members (excludes halogenated alkanes) is 4. The van der Waals surface area contributed by atoms with Gasteiger partial charge in [-0.3, -0.25) is 0 Å². The SMILES string of the molecule is CCCCCCCC(N)c1nc2c(s1)CCC2. The number of aromatic nitrogens is 1. The normalized spacial score (nSPS) is 16.1. The number of hydrogen-bond acceptors (Lipinski definition) is 3. The first-order chi connectivity index (χ1) is 8.31. The highest BCUT2D eigenvalue weighted by molar-refractivity contribution is 7.11. The minimum atomic E-state index is 0.187. The molecule has 0 radical (unpaired) electrons. The van der Waals surface area contributed by atoms with E-state index >= 15 is 0 Å². The molecule has 0 saturated carbocycles. The molecule has 1 heterocycles. The van der Waals surface area contributed by atoms with Crippen molar-refractivity contribution in [1.29, 1.82) is 0 Å². The minimum absolute atomic E-state index is 0.187. The largest absolute Gasteiger partial charge is 0.322 e. The van der Waals surface area contributed by atoms with Gasteiger partial charge in [0.25, 0.3) is 0 Å². The van der Waals surface area contributed by atoms with Crippen molar-refractivity contribution in [1.82, 2.24) is 4.98 Å². The van der Waals surface area contributed by atoms with Gasteiger partial charge in [-0.1, -0.05) is 39.0 Å². The zero-order chi connectivity index (χ0) is 12.1. The third-order valence-electron chi connectivity index (χ3n) is 3.55. The van der Waals surface area contributed by atoms with Gasteiger partial charge >= 0.3 is 0 Å². The Morgan fingerprint density at radius 1 is 1.24 bits per heavy atom. The van der Waals surface area contributed by atoms with Crippen LogP contribution >= 0.6 is 11.3 Å². The lowest BCUT2D eigenvalue weighted by atomic mass is 10.1. The Hall–Kier alpha value is -0.410. The summed E-state index contributed by atoms with van der Waals surface area (Å²) in [7, 11) is 0. The Morgan fingerprint density at radius 2 is 2.06 bits per heavy atom. The van der Waals surface area contributed by atoms with Crippen LogP contribution in [0.4, 0.5) is 0 Å². The molecule has 0 fully saturated rings. The first-order valence-electron chi connectivity index (χ1n) is 7.05. The smallest absolute Gasteiger partial charge is 0.110 e. The fraction of sp³-hybridized carbons (Fsp3) is 0.786. The summed E-state index contributed by atoms with van der Waals surface area (Å²) in [4.78, 5) is 6.20. The van der Waals surface area contributed by atoms with E-state index in [-0.39, 0.29) is 6.04 Å². The zero-order valence-electron chi connectivity index (χ0n) is 10.9. The number of fused-ring (bicyclic) bond motifs is 1. The van der Waals surface area contributed by atoms with Crippen LogP contribution in [0.1, 0.15) is 73.5 Å². The second-order valence-corrected chi connectivity index (χ2v) is 6.20. The highest BCUT2D eigenvalue weighted by Crippen LogP contribution is 2.31. The summed E-state index contributed by atoms with van der Waals surface area (Å²) in [5.41, 5.74) is 7.56. The molecule has 0 saturated heterocycles. The van der Waals surface area contributed by atoms with Crippen LogP contribution in [0, 0.1) is 0 Å². The Balaban J connectivity index is 1.73. The number of nitrogens with two attached hydrogens (primary N) is 1. The van der Waals surface area contributed by atoms with E-state index < -0.39 is 0 Å². The molecule has 1 atom stereocenters. The highest BCUT2D eigenvalue weighted by Gasteiger charge is 2.19. The van der Waals surface area contributed by atoms with E-state index in [9.17, 15) is 0 Å². The highest BCUT2D eigenvalue weighted by atomic mass is 32.1. The van der Waals surface area contributed by atoms with Gasteiger partial charge in [0.15, 0.2) is 0 Å². The molecule has 1 unspecified atom stereocenters. The number of aryl methyl sites for hydroxylation is 2. The van der Waals surface area contributed by atoms with Crippen molar-refractivity contribution in [3.8, 4) is 0 Å². The predicted molar refractivity (Wildman–Crippen MR) is 74.4 cm³/mol. The molecule has 0 bridgehead atoms. The van der Waals surface area contributed by atoms with E-state index in [0.29, 0.717) is 0 Å². The van der Waals surface area contributed by atoms with Gasteiger partial charge in [-0.15, -0.1) is 11.3 Å². The molecular formula is C14H24N2S. The molecule has 0 aliphatic heterocycles. The first-order valence-corrected chi connectivity index (χ1v) is 7.87. The zero-order valence-corrected chi connectivity index (χ0v) is 11.7. The Morgan fingerprint density at radius 3 is 2.82 bits per heavy atom. The summed E-state index contributed by atoms with van der Waals surface area (Å²) in [5.74, 6) is 0. The molecule has 0 amide bonds. The van der Waals surface area contributed by atoms with E-state index in [1.165, 1.54) is 66.9 Å². The van der Waals surface area contributed by atoms with Crippen LogP contribution in [0.3, 0.4) is 0 Å². The van der Waals surface area contributed by atoms with Gasteiger partial charge in [-0.2, -0.15) is 0 Å². The van der Waals surface area contributed by atoms with Crippen LogP contribution in [-0.2, 0) is 12.8 Å². The average Bonchev–Trinajstić information content (AvgIpc) is 2.88. The molecule has 0 aromatic carbocycles. The van der Waals surface area contributed by atoms with Gasteiger partial charge < -0.3 is 5.73 Å². The predicted octanol–water partition coefficient (Wildman–Crippen LogP) is 3.99. The van der Waals surface area contributed by atoms with Crippen molar-refractivity contribution in [3.05, 3.63) is 15.6 Å². The summed E-state index contributed by atoms with van der Waals surface area (Å²) < 4.78 is 0. The maximum Gasteiger partial charge on any atom is 0.110 e. The van der Waals surface area contributed by atoms with E-state index in [1.807, 2.05) is 11.3 Å². The molecule has 2 N–H and O–H groups in total. The summed E-state index contributed by atoms with van der Waals surface area (Å²) >= 11 is 1.86. The fourth-order valence-electron chi connectivity index (χ4n) is 2.46. The number of nitrogens with zero attached hydrogens (tertiary/aromatic N) is 1. The second kappa shape index (κ2) is 6.50. The summed E-state index contributed by atoms with van der Waals surface area (Å²) in [6, 6.07) is 0.187. The maximum absolute atomic E-state index is 6.22. The Bertz CT molecular complexity index is 324. The van der Waals surface area contributed by atoms with Crippen molar-refractivity contribution >= 4 is 11.3 Å². The van der Waals surface area contributed by atoms with Crippen LogP contribution in [0.25, 0.3) is 0 Å². The summed E-state index contributed by atoms with van der Waals surface area (Å²) in [5, 5.41) is 1.19. The molecule has 2 rings (SSSR count). The molecule has 1 aliphatic rings. The average molecular weight is 252 g/mol. The first kappa shape index (κ1) is 13.0. The molecule has 2 nitrogen and oxygen atoms in total. The standard InChI is InChI=1S/C14H24N2S/c1-2-3-4-5-6-8-11(15)14-16-12-9-7-10-13(12)17-14/h11H,2-10,15H2,1H3. The molecule has 1 aromatic heterocycles. The number of thiazole rings is 1. The van der Waals surface area contributed by atoms with Crippen molar-refractivity contribution in [2.24, 2.45) is 5.73 Å². The van der Waals surface area contributed by atoms with E-state index in [4.69, 9.17) is 10.7 Å². The molecule has 3 heteroatoms. The van der Waals surface area contributed by atoms with Gasteiger partial charge in [0.05, 0.1) is 11.7 Å². The third-order valence-corrected chi connectivity index (χ3v) is 4.84. The maximum atomic E-state index is 6.22. The van der Waals surface area contributed by atoms with Crippen LogP contribution < -0.4 is 5.73 Å². The lowest BCUT2D eigenvalue weighted by Gasteiger charge is -2.08. The van der Waals surface area contributed by atoms with E-state index in [2.05, 4.69) is 6.92 Å². The lowest BCUT2D eigenvalue weighted by molar-refractivity contribution is 0.553. The fourth-order valence-corrected chi connectivity index (χ4v) is 3.65. The van der Waals surface area contributed by atoms with Gasteiger partial charge in [0, 0.05) is 4.88 Å². The van der Waals surface area contributed by atoms with Crippen LogP contribution in [0.15, 0.2) is 0 Å². The van der Waals surface area contributed by atoms with Crippen molar-refractivity contribution in [2.45, 2.75) is 70.8 Å². The Labute approximate surface area is 109 Å². The third kappa shape index (κ3) is 3.52. The number of hydrogen-bond donors (Lipinski definition) is 1. The van der Waals surface area contributed by atoms with Crippen LogP contribution in [0.2, 0.25) is 0 Å². The van der Waals surface area contributed by atoms with Crippen LogP contribution in [-0.4, -0.2) is 4.98 Å². The van der Waals surface area contributed by atoms with Gasteiger partial charge in [0.2, 0.25) is 0 Å². The van der Waals surface area contributed by atoms with E-state index in [0.717, 1.165) is 6.42 Å². The molecule has 1 aromatic rings. The van der Waals surface area contributed by atoms with Gasteiger partial charge in [-0.25, -0.2) is 4.98 Å². The molecule has 96 valence electrons. The van der Waals surface area contributed by atoms with Gasteiger partial charge in [-0.05, 0) is 25.7 Å². The topological polar surface area (TPSA) is 38.9 Å². The van der Waals surface area contributed by atoms with Crippen molar-refractivity contribution < 1.29 is 0 Å².